The van der Waals surface area contributed by atoms with Crippen molar-refractivity contribution < 1.29 is 1.37 Å². The molecule has 0 amide bonds. The van der Waals surface area contributed by atoms with E-state index in [1.54, 1.807) is 0 Å². The van der Waals surface area contributed by atoms with Crippen LogP contribution in [-0.2, 0) is 0 Å². The number of unbranched alkanes of at least 4 members (excludes halogenated alkanes) is 6. The molecule has 0 aromatic rings. The minimum absolute atomic E-state index is 0.587. The summed E-state index contributed by atoms with van der Waals surface area (Å²) < 4.78 is 7.13. The molecule has 0 aromatic carbocycles. The molecule has 0 rings (SSSR count). The Balaban J connectivity index is 2.86. The topological polar surface area (TPSA) is 0 Å². The molecule has 0 atom stereocenters. The van der Waals surface area contributed by atoms with Crippen molar-refractivity contribution in [1.29, 1.82) is 0 Å². The van der Waals surface area contributed by atoms with E-state index in [1.165, 1.54) is 38.5 Å². The Morgan fingerprint density at radius 1 is 1.09 bits per heavy atom. The summed E-state index contributed by atoms with van der Waals surface area (Å²) in [7, 11) is 0. The highest BCUT2D eigenvalue weighted by Crippen LogP contribution is 2.07. The summed E-state index contributed by atoms with van der Waals surface area (Å²) in [4.78, 5) is 0. The van der Waals surface area contributed by atoms with Crippen LogP contribution in [0, 0.1) is 0 Å². The van der Waals surface area contributed by atoms with E-state index >= 15 is 0 Å². The molecule has 0 spiro atoms. The van der Waals surface area contributed by atoms with Gasteiger partial charge in [-0.15, -0.1) is 6.58 Å². The number of allylic oxidation sites excluding steroid dienone is 1. The maximum atomic E-state index is 7.13. The van der Waals surface area contributed by atoms with Gasteiger partial charge in [-0.2, -0.15) is 0 Å². The van der Waals surface area contributed by atoms with Gasteiger partial charge in [0, 0.05) is 0 Å². The highest BCUT2D eigenvalue weighted by atomic mass is 13.9. The molecule has 0 bridgehead atoms. The molecule has 0 aliphatic heterocycles. The van der Waals surface area contributed by atoms with Crippen LogP contribution in [0.15, 0.2) is 12.6 Å². The van der Waals surface area contributed by atoms with Crippen LogP contribution in [-0.4, -0.2) is 0 Å². The largest absolute Gasteiger partial charge is 0.103 e. The molecule has 0 fully saturated rings. The summed E-state index contributed by atoms with van der Waals surface area (Å²) in [6.45, 7) is 5.81. The summed E-state index contributed by atoms with van der Waals surface area (Å²) in [6, 6.07) is 0.587. The van der Waals surface area contributed by atoms with E-state index in [2.05, 4.69) is 13.5 Å². The summed E-state index contributed by atoms with van der Waals surface area (Å²) in [5.74, 6) is 0. The number of hydrogen-bond acceptors (Lipinski definition) is 0. The Labute approximate surface area is 73.1 Å². The van der Waals surface area contributed by atoms with Crippen LogP contribution in [0.1, 0.15) is 59.7 Å². The van der Waals surface area contributed by atoms with Gasteiger partial charge in [0.1, 0.15) is 0 Å². The van der Waals surface area contributed by atoms with Gasteiger partial charge in [0.15, 0.2) is 0 Å². The van der Waals surface area contributed by atoms with Crippen LogP contribution in [0.25, 0.3) is 0 Å². The van der Waals surface area contributed by atoms with E-state index in [0.29, 0.717) is 6.05 Å². The molecule has 0 saturated carbocycles. The normalized spacial score (nSPS) is 11.2. The molecule has 0 aromatic heterocycles. The van der Waals surface area contributed by atoms with Gasteiger partial charge in [-0.1, -0.05) is 51.5 Å². The fraction of sp³-hybridized carbons (Fsp3) is 0.818. The molecule has 0 radical (unpaired) electrons. The quantitative estimate of drug-likeness (QED) is 0.362. The summed E-state index contributed by atoms with van der Waals surface area (Å²) >= 11 is 0. The Morgan fingerprint density at radius 2 is 1.64 bits per heavy atom. The Hall–Kier alpha value is -0.260. The zero-order valence-electron chi connectivity index (χ0n) is 8.86. The minimum atomic E-state index is 0.587. The van der Waals surface area contributed by atoms with Gasteiger partial charge in [-0.25, -0.2) is 0 Å². The molecule has 0 aliphatic carbocycles. The van der Waals surface area contributed by atoms with Crippen molar-refractivity contribution in [3.8, 4) is 0 Å². The molecule has 0 aliphatic rings. The fourth-order valence-electron chi connectivity index (χ4n) is 1.21. The van der Waals surface area contributed by atoms with Crippen molar-refractivity contribution in [3.63, 3.8) is 0 Å². The molecular formula is C11H22. The maximum Gasteiger partial charge on any atom is 0.0570 e. The lowest BCUT2D eigenvalue weighted by Gasteiger charge is -1.98. The van der Waals surface area contributed by atoms with Crippen LogP contribution in [0.5, 0.6) is 0 Å². The van der Waals surface area contributed by atoms with Crippen LogP contribution < -0.4 is 0 Å². The maximum absolute atomic E-state index is 7.13. The van der Waals surface area contributed by atoms with Gasteiger partial charge in [-0.3, -0.25) is 0 Å². The summed E-state index contributed by atoms with van der Waals surface area (Å²) in [6.07, 6.45) is 10.1. The summed E-state index contributed by atoms with van der Waals surface area (Å²) in [5.41, 5.74) is 0. The van der Waals surface area contributed by atoms with E-state index in [4.69, 9.17) is 1.37 Å². The Kier molecular flexibility index (Phi) is 7.82. The summed E-state index contributed by atoms with van der Waals surface area (Å²) in [5, 5.41) is 0. The van der Waals surface area contributed by atoms with Crippen LogP contribution in [0.2, 0.25) is 0 Å². The lowest BCUT2D eigenvalue weighted by molar-refractivity contribution is 0.592. The predicted octanol–water partition coefficient (Wildman–Crippen LogP) is 4.31. The monoisotopic (exact) mass is 155 g/mol. The SMILES string of the molecule is [2H]C(=C)CCCCCCCCC. The van der Waals surface area contributed by atoms with E-state index in [0.717, 1.165) is 12.8 Å². The van der Waals surface area contributed by atoms with Crippen molar-refractivity contribution >= 4 is 0 Å². The van der Waals surface area contributed by atoms with Gasteiger partial charge >= 0.3 is 0 Å². The van der Waals surface area contributed by atoms with Gasteiger partial charge in [0.2, 0.25) is 0 Å². The zero-order valence-corrected chi connectivity index (χ0v) is 7.86. The third-order valence-electron chi connectivity index (χ3n) is 1.96. The average Bonchev–Trinajstić information content (AvgIpc) is 2.02. The smallest absolute Gasteiger partial charge is 0.0570 e. The third kappa shape index (κ3) is 9.74. The fourth-order valence-corrected chi connectivity index (χ4v) is 1.21. The molecule has 0 nitrogen and oxygen atoms in total. The first kappa shape index (κ1) is 8.83. The van der Waals surface area contributed by atoms with E-state index in [1.807, 2.05) is 0 Å². The van der Waals surface area contributed by atoms with Crippen molar-refractivity contribution in [2.24, 2.45) is 0 Å². The van der Waals surface area contributed by atoms with E-state index < -0.39 is 0 Å². The number of hydrogen-bond donors (Lipinski definition) is 0. The van der Waals surface area contributed by atoms with Crippen LogP contribution >= 0.6 is 0 Å². The lowest BCUT2D eigenvalue weighted by Crippen LogP contribution is -1.78. The first-order valence-corrected chi connectivity index (χ1v) is 4.91. The van der Waals surface area contributed by atoms with E-state index in [9.17, 15) is 0 Å². The van der Waals surface area contributed by atoms with Crippen molar-refractivity contribution in [2.75, 3.05) is 0 Å². The van der Waals surface area contributed by atoms with Gasteiger partial charge in [0.05, 0.1) is 1.37 Å². The predicted molar refractivity (Wildman–Crippen MR) is 52.8 cm³/mol. The van der Waals surface area contributed by atoms with E-state index in [-0.39, 0.29) is 0 Å². The second kappa shape index (κ2) is 9.74. The number of rotatable bonds is 8. The first-order chi connectivity index (χ1) is 5.77. The molecule has 0 heteroatoms. The minimum Gasteiger partial charge on any atom is -0.103 e. The van der Waals surface area contributed by atoms with Crippen LogP contribution in [0.4, 0.5) is 0 Å². The molecule has 0 saturated heterocycles. The third-order valence-corrected chi connectivity index (χ3v) is 1.96. The zero-order chi connectivity index (χ0) is 9.23. The van der Waals surface area contributed by atoms with Crippen LogP contribution in [0.3, 0.4) is 0 Å². The van der Waals surface area contributed by atoms with Crippen molar-refractivity contribution in [3.05, 3.63) is 12.6 Å². The second-order valence-corrected chi connectivity index (χ2v) is 3.12. The second-order valence-electron chi connectivity index (χ2n) is 3.12. The van der Waals surface area contributed by atoms with Crippen molar-refractivity contribution in [1.82, 2.24) is 0 Å². The standard InChI is InChI=1S/C11H22/c1-3-5-7-9-11-10-8-6-4-2/h3H,1,4-11H2,2H3/i3D. The molecule has 0 heterocycles. The molecular weight excluding hydrogens is 132 g/mol. The highest BCUT2D eigenvalue weighted by molar-refractivity contribution is 4.65. The average molecular weight is 155 g/mol. The van der Waals surface area contributed by atoms with Gasteiger partial charge in [0.25, 0.3) is 0 Å². The molecule has 66 valence electrons. The van der Waals surface area contributed by atoms with Gasteiger partial charge in [-0.05, 0) is 12.8 Å². The Bertz CT molecular complexity index is 108. The van der Waals surface area contributed by atoms with Crippen molar-refractivity contribution in [2.45, 2.75) is 58.3 Å². The lowest BCUT2D eigenvalue weighted by atomic mass is 10.1. The molecule has 11 heavy (non-hydrogen) atoms. The molecule has 0 N–H and O–H groups in total. The highest BCUT2D eigenvalue weighted by Gasteiger charge is 1.88. The van der Waals surface area contributed by atoms with Gasteiger partial charge < -0.3 is 0 Å². The first-order valence-electron chi connectivity index (χ1n) is 5.41. The Morgan fingerprint density at radius 3 is 2.18 bits per heavy atom. The molecule has 0 unspecified atom stereocenters.